The Kier molecular flexibility index (Phi) is 6.57. The van der Waals surface area contributed by atoms with Crippen LogP contribution in [0.4, 0.5) is 30.7 Å². The van der Waals surface area contributed by atoms with Gasteiger partial charge in [-0.3, -0.25) is 4.98 Å². The third kappa shape index (κ3) is 4.86. The molecular weight excluding hydrogens is 545 g/mol. The van der Waals surface area contributed by atoms with Gasteiger partial charge in [0.1, 0.15) is 21.9 Å². The predicted octanol–water partition coefficient (Wildman–Crippen LogP) is 5.67. The molecule has 0 aliphatic carbocycles. The first-order valence-corrected chi connectivity index (χ1v) is 12.6. The minimum absolute atomic E-state index is 0.0403. The maximum atomic E-state index is 13.9. The third-order valence-electron chi connectivity index (χ3n) is 5.64. The summed E-state index contributed by atoms with van der Waals surface area (Å²) in [6, 6.07) is 4.50. The number of halogens is 7. The number of alkyl halides is 7. The molecule has 0 atom stereocenters. The lowest BCUT2D eigenvalue weighted by atomic mass is 10.1. The zero-order valence-electron chi connectivity index (χ0n) is 19.9. The monoisotopic (exact) mass is 564 g/mol. The fourth-order valence-corrected chi connectivity index (χ4v) is 4.96. The van der Waals surface area contributed by atoms with Crippen LogP contribution >= 0.6 is 0 Å². The minimum atomic E-state index is -5.86. The van der Waals surface area contributed by atoms with Crippen molar-refractivity contribution in [3.8, 4) is 17.3 Å². The van der Waals surface area contributed by atoms with Gasteiger partial charge in [0.2, 0.25) is 0 Å². The van der Waals surface area contributed by atoms with E-state index in [1.54, 1.807) is 0 Å². The summed E-state index contributed by atoms with van der Waals surface area (Å²) < 4.78 is 125. The molecule has 3 heterocycles. The van der Waals surface area contributed by atoms with E-state index in [-0.39, 0.29) is 49.9 Å². The molecule has 3 aromatic heterocycles. The molecule has 204 valence electrons. The standard InChI is InChI=1S/C23H19F7N4O3S/c1-4-38(35,36)18-15-6-5-14(37-11-21(2,24)25)7-12(15)9-31-17(18)20-33-16-8-13(10-32-19(16)34(20)3)22(26,27)23(28,29)30/h5-10H,4,11H2,1-3H3. The maximum Gasteiger partial charge on any atom is 0.458 e. The number of imidazole rings is 1. The van der Waals surface area contributed by atoms with Gasteiger partial charge in [-0.25, -0.2) is 27.2 Å². The summed E-state index contributed by atoms with van der Waals surface area (Å²) in [6.45, 7) is 1.14. The summed E-state index contributed by atoms with van der Waals surface area (Å²) >= 11 is 0. The first-order chi connectivity index (χ1) is 17.5. The Morgan fingerprint density at radius 2 is 1.68 bits per heavy atom. The molecule has 15 heteroatoms. The molecular formula is C23H19F7N4O3S. The molecule has 0 aliphatic rings. The Morgan fingerprint density at radius 3 is 2.29 bits per heavy atom. The van der Waals surface area contributed by atoms with E-state index in [0.717, 1.165) is 0 Å². The quantitative estimate of drug-likeness (QED) is 0.269. The van der Waals surface area contributed by atoms with Crippen molar-refractivity contribution in [2.24, 2.45) is 7.05 Å². The molecule has 0 N–H and O–H groups in total. The van der Waals surface area contributed by atoms with Crippen LogP contribution in [0.2, 0.25) is 0 Å². The van der Waals surface area contributed by atoms with Gasteiger partial charge in [-0.2, -0.15) is 22.0 Å². The van der Waals surface area contributed by atoms with Crippen molar-refractivity contribution >= 4 is 31.8 Å². The van der Waals surface area contributed by atoms with E-state index in [0.29, 0.717) is 19.2 Å². The van der Waals surface area contributed by atoms with Gasteiger partial charge in [-0.1, -0.05) is 6.92 Å². The van der Waals surface area contributed by atoms with Gasteiger partial charge in [-0.15, -0.1) is 0 Å². The zero-order chi connectivity index (χ0) is 28.3. The Hall–Kier alpha value is -3.49. The van der Waals surface area contributed by atoms with Gasteiger partial charge >= 0.3 is 12.1 Å². The summed E-state index contributed by atoms with van der Waals surface area (Å²) in [5, 5.41) is 0.387. The SMILES string of the molecule is CCS(=O)(=O)c1c(-c2nc3cc(C(F)(F)C(F)(F)F)cnc3n2C)ncc2cc(OCC(C)(F)F)ccc12. The second kappa shape index (κ2) is 9.06. The summed E-state index contributed by atoms with van der Waals surface area (Å²) in [4.78, 5) is 11.7. The van der Waals surface area contributed by atoms with Crippen LogP contribution in [0.3, 0.4) is 0 Å². The van der Waals surface area contributed by atoms with Gasteiger partial charge in [0.25, 0.3) is 5.92 Å². The zero-order valence-corrected chi connectivity index (χ0v) is 20.8. The highest BCUT2D eigenvalue weighted by molar-refractivity contribution is 7.91. The molecule has 0 saturated heterocycles. The first kappa shape index (κ1) is 27.5. The van der Waals surface area contributed by atoms with Crippen molar-refractivity contribution in [2.75, 3.05) is 12.4 Å². The summed E-state index contributed by atoms with van der Waals surface area (Å²) in [5.41, 5.74) is -2.06. The molecule has 0 unspecified atom stereocenters. The third-order valence-corrected chi connectivity index (χ3v) is 7.43. The average Bonchev–Trinajstić information content (AvgIpc) is 3.16. The number of sulfone groups is 1. The number of benzene rings is 1. The van der Waals surface area contributed by atoms with Crippen molar-refractivity contribution < 1.29 is 43.9 Å². The molecule has 0 aliphatic heterocycles. The summed E-state index contributed by atoms with van der Waals surface area (Å²) in [5.74, 6) is -8.78. The van der Waals surface area contributed by atoms with E-state index < -0.39 is 40.0 Å². The molecule has 4 rings (SSSR count). The van der Waals surface area contributed by atoms with Crippen LogP contribution in [0.15, 0.2) is 41.6 Å². The highest BCUT2D eigenvalue weighted by Gasteiger charge is 2.59. The van der Waals surface area contributed by atoms with Crippen molar-refractivity contribution in [3.63, 3.8) is 0 Å². The van der Waals surface area contributed by atoms with Gasteiger partial charge in [0.05, 0.1) is 11.3 Å². The molecule has 0 saturated carbocycles. The molecule has 0 amide bonds. The Labute approximate surface area is 211 Å². The highest BCUT2D eigenvalue weighted by Crippen LogP contribution is 2.44. The fourth-order valence-electron chi connectivity index (χ4n) is 3.72. The van der Waals surface area contributed by atoms with Crippen LogP contribution in [-0.2, 0) is 22.8 Å². The molecule has 0 fully saturated rings. The largest absolute Gasteiger partial charge is 0.487 e. The molecule has 7 nitrogen and oxygen atoms in total. The van der Waals surface area contributed by atoms with Gasteiger partial charge in [-0.05, 0) is 24.3 Å². The fraction of sp³-hybridized carbons (Fsp3) is 0.348. The van der Waals surface area contributed by atoms with E-state index in [1.165, 1.54) is 42.9 Å². The number of hydrogen-bond acceptors (Lipinski definition) is 6. The van der Waals surface area contributed by atoms with Crippen LogP contribution in [0.25, 0.3) is 33.5 Å². The Morgan fingerprint density at radius 1 is 1.00 bits per heavy atom. The van der Waals surface area contributed by atoms with Gasteiger partial charge in [0, 0.05) is 37.1 Å². The number of nitrogens with zero attached hydrogens (tertiary/aromatic N) is 4. The number of ether oxygens (including phenoxy) is 1. The van der Waals surface area contributed by atoms with E-state index in [4.69, 9.17) is 4.74 Å². The van der Waals surface area contributed by atoms with Crippen molar-refractivity contribution in [1.29, 1.82) is 0 Å². The highest BCUT2D eigenvalue weighted by atomic mass is 32.2. The Balaban J connectivity index is 1.91. The van der Waals surface area contributed by atoms with E-state index in [2.05, 4.69) is 15.0 Å². The number of rotatable bonds is 7. The van der Waals surface area contributed by atoms with Crippen molar-refractivity contribution in [1.82, 2.24) is 19.5 Å². The molecule has 1 aromatic carbocycles. The van der Waals surface area contributed by atoms with Crippen LogP contribution in [0.1, 0.15) is 19.4 Å². The molecule has 0 spiro atoms. The minimum Gasteiger partial charge on any atom is -0.487 e. The number of hydrogen-bond donors (Lipinski definition) is 0. The van der Waals surface area contributed by atoms with Crippen LogP contribution in [0.5, 0.6) is 5.75 Å². The summed E-state index contributed by atoms with van der Waals surface area (Å²) in [6.07, 6.45) is -4.25. The number of aromatic nitrogens is 4. The number of aryl methyl sites for hydroxylation is 1. The lowest BCUT2D eigenvalue weighted by molar-refractivity contribution is -0.289. The van der Waals surface area contributed by atoms with E-state index >= 15 is 0 Å². The second-order valence-electron chi connectivity index (χ2n) is 8.58. The summed E-state index contributed by atoms with van der Waals surface area (Å²) in [7, 11) is -2.65. The second-order valence-corrected chi connectivity index (χ2v) is 10.8. The smallest absolute Gasteiger partial charge is 0.458 e. The van der Waals surface area contributed by atoms with E-state index in [1.807, 2.05) is 0 Å². The average molecular weight is 564 g/mol. The molecule has 0 radical (unpaired) electrons. The lowest BCUT2D eigenvalue weighted by Crippen LogP contribution is -2.33. The normalized spacial score (nSPS) is 13.4. The van der Waals surface area contributed by atoms with Crippen molar-refractivity contribution in [3.05, 3.63) is 42.2 Å². The molecule has 0 bridgehead atoms. The van der Waals surface area contributed by atoms with E-state index in [9.17, 15) is 39.2 Å². The topological polar surface area (TPSA) is 87.0 Å². The van der Waals surface area contributed by atoms with Crippen LogP contribution in [-0.4, -0.2) is 52.4 Å². The van der Waals surface area contributed by atoms with Crippen LogP contribution in [0, 0.1) is 0 Å². The number of pyridine rings is 2. The van der Waals surface area contributed by atoms with Gasteiger partial charge < -0.3 is 9.30 Å². The van der Waals surface area contributed by atoms with Crippen LogP contribution < -0.4 is 4.74 Å². The molecule has 38 heavy (non-hydrogen) atoms. The Bertz CT molecular complexity index is 1650. The first-order valence-electron chi connectivity index (χ1n) is 10.9. The number of fused-ring (bicyclic) bond motifs is 2. The predicted molar refractivity (Wildman–Crippen MR) is 123 cm³/mol. The van der Waals surface area contributed by atoms with Gasteiger partial charge in [0.15, 0.2) is 27.9 Å². The maximum absolute atomic E-state index is 13.9. The lowest BCUT2D eigenvalue weighted by Gasteiger charge is -2.19. The molecule has 4 aromatic rings. The van der Waals surface area contributed by atoms with Crippen molar-refractivity contribution in [2.45, 2.75) is 36.8 Å².